The van der Waals surface area contributed by atoms with Gasteiger partial charge in [-0.2, -0.15) is 0 Å². The minimum Gasteiger partial charge on any atom is -0.299 e. The highest BCUT2D eigenvalue weighted by Crippen LogP contribution is 2.41. The van der Waals surface area contributed by atoms with E-state index >= 15 is 0 Å². The van der Waals surface area contributed by atoms with Crippen molar-refractivity contribution in [3.05, 3.63) is 13.2 Å². The molecule has 1 aliphatic rings. The standard InChI is InChI=1S/C7H12O.C4H7ClO.C2H4/c1-5-4-6(8)7(5,2)3;1-3(2)4(5)6;1-2/h5H,4H2,1-3H3;3H,1-2H3;1-2H2. The maximum Gasteiger partial charge on any atom is 0.224 e. The summed E-state index contributed by atoms with van der Waals surface area (Å²) in [6, 6.07) is 0. The van der Waals surface area contributed by atoms with Gasteiger partial charge in [0.2, 0.25) is 5.24 Å². The molecule has 0 aromatic rings. The first-order valence-electron chi connectivity index (χ1n) is 5.42. The van der Waals surface area contributed by atoms with Gasteiger partial charge in [-0.1, -0.05) is 34.6 Å². The second-order valence-corrected chi connectivity index (χ2v) is 5.08. The SMILES string of the molecule is C=C.CC(C)C(=O)Cl.CC1CC(=O)C1(C)C. The van der Waals surface area contributed by atoms with Gasteiger partial charge in [0, 0.05) is 17.8 Å². The van der Waals surface area contributed by atoms with Gasteiger partial charge in [0.05, 0.1) is 0 Å². The molecule has 1 unspecified atom stereocenters. The van der Waals surface area contributed by atoms with Gasteiger partial charge in [0.1, 0.15) is 5.78 Å². The van der Waals surface area contributed by atoms with Crippen molar-refractivity contribution in [2.75, 3.05) is 0 Å². The molecule has 0 heterocycles. The van der Waals surface area contributed by atoms with Gasteiger partial charge in [0.25, 0.3) is 0 Å². The van der Waals surface area contributed by atoms with Gasteiger partial charge < -0.3 is 0 Å². The topological polar surface area (TPSA) is 34.1 Å². The first-order valence-corrected chi connectivity index (χ1v) is 5.80. The lowest BCUT2D eigenvalue weighted by Gasteiger charge is -2.40. The molecule has 16 heavy (non-hydrogen) atoms. The van der Waals surface area contributed by atoms with Crippen LogP contribution in [0.1, 0.15) is 41.0 Å². The summed E-state index contributed by atoms with van der Waals surface area (Å²) in [5.41, 5.74) is 0. The fourth-order valence-electron chi connectivity index (χ4n) is 0.940. The fourth-order valence-corrected chi connectivity index (χ4v) is 0.940. The molecule has 0 aromatic heterocycles. The number of rotatable bonds is 1. The Labute approximate surface area is 104 Å². The van der Waals surface area contributed by atoms with Crippen molar-refractivity contribution in [3.8, 4) is 0 Å². The lowest BCUT2D eigenvalue weighted by atomic mass is 9.62. The Balaban J connectivity index is 0. The Morgan fingerprint density at radius 1 is 1.44 bits per heavy atom. The van der Waals surface area contributed by atoms with Crippen LogP contribution in [-0.4, -0.2) is 11.0 Å². The number of hydrogen-bond donors (Lipinski definition) is 0. The van der Waals surface area contributed by atoms with E-state index in [9.17, 15) is 9.59 Å². The fraction of sp³-hybridized carbons (Fsp3) is 0.692. The second kappa shape index (κ2) is 7.61. The van der Waals surface area contributed by atoms with E-state index in [1.807, 2.05) is 13.8 Å². The Bertz CT molecular complexity index is 244. The number of Topliss-reactive ketones (excluding diaryl/α,β-unsaturated/α-hetero) is 1. The number of carbonyl (C=O) groups excluding carboxylic acids is 2. The predicted octanol–water partition coefficient (Wildman–Crippen LogP) is 3.83. The highest BCUT2D eigenvalue weighted by molar-refractivity contribution is 6.63. The van der Waals surface area contributed by atoms with Gasteiger partial charge in [-0.3, -0.25) is 9.59 Å². The molecular formula is C13H23ClO2. The first-order chi connectivity index (χ1) is 7.19. The zero-order valence-corrected chi connectivity index (χ0v) is 11.7. The summed E-state index contributed by atoms with van der Waals surface area (Å²) >= 11 is 4.97. The molecule has 1 rings (SSSR count). The molecular weight excluding hydrogens is 224 g/mol. The van der Waals surface area contributed by atoms with Crippen LogP contribution in [0.25, 0.3) is 0 Å². The van der Waals surface area contributed by atoms with Gasteiger partial charge >= 0.3 is 0 Å². The third-order valence-corrected chi connectivity index (χ3v) is 3.33. The molecule has 0 saturated heterocycles. The van der Waals surface area contributed by atoms with E-state index in [2.05, 4.69) is 20.1 Å². The Morgan fingerprint density at radius 3 is 1.75 bits per heavy atom. The molecule has 94 valence electrons. The van der Waals surface area contributed by atoms with Crippen LogP contribution in [0.4, 0.5) is 0 Å². The average molecular weight is 247 g/mol. The molecule has 1 fully saturated rings. The van der Waals surface area contributed by atoms with Crippen LogP contribution in [0.5, 0.6) is 0 Å². The van der Waals surface area contributed by atoms with Gasteiger partial charge in [-0.15, -0.1) is 13.2 Å². The molecule has 3 heteroatoms. The normalized spacial score (nSPS) is 20.9. The van der Waals surface area contributed by atoms with Crippen molar-refractivity contribution >= 4 is 22.6 Å². The van der Waals surface area contributed by atoms with E-state index in [-0.39, 0.29) is 16.6 Å². The van der Waals surface area contributed by atoms with Crippen LogP contribution in [0.15, 0.2) is 13.2 Å². The van der Waals surface area contributed by atoms with Crippen molar-refractivity contribution in [1.29, 1.82) is 0 Å². The van der Waals surface area contributed by atoms with E-state index in [1.165, 1.54) is 0 Å². The number of ketones is 1. The summed E-state index contributed by atoms with van der Waals surface area (Å²) in [6.45, 7) is 15.7. The van der Waals surface area contributed by atoms with Gasteiger partial charge in [0.15, 0.2) is 0 Å². The zero-order chi connectivity index (χ0) is 13.5. The number of halogens is 1. The third-order valence-electron chi connectivity index (χ3n) is 2.90. The van der Waals surface area contributed by atoms with Crippen molar-refractivity contribution in [2.45, 2.75) is 41.0 Å². The maximum absolute atomic E-state index is 10.8. The molecule has 2 nitrogen and oxygen atoms in total. The van der Waals surface area contributed by atoms with Crippen LogP contribution >= 0.6 is 11.6 Å². The van der Waals surface area contributed by atoms with Crippen LogP contribution < -0.4 is 0 Å². The molecule has 0 spiro atoms. The zero-order valence-electron chi connectivity index (χ0n) is 11.0. The summed E-state index contributed by atoms with van der Waals surface area (Å²) < 4.78 is 0. The molecule has 0 aliphatic heterocycles. The maximum atomic E-state index is 10.8. The minimum absolute atomic E-state index is 0. The first kappa shape index (κ1) is 17.8. The molecule has 0 bridgehead atoms. The van der Waals surface area contributed by atoms with E-state index in [0.717, 1.165) is 6.42 Å². The van der Waals surface area contributed by atoms with E-state index < -0.39 is 0 Å². The summed E-state index contributed by atoms with van der Waals surface area (Å²) in [5.74, 6) is 1.01. The largest absolute Gasteiger partial charge is 0.299 e. The third kappa shape index (κ3) is 5.45. The lowest BCUT2D eigenvalue weighted by molar-refractivity contribution is -0.141. The summed E-state index contributed by atoms with van der Waals surface area (Å²) in [7, 11) is 0. The highest BCUT2D eigenvalue weighted by atomic mass is 35.5. The van der Waals surface area contributed by atoms with E-state index in [1.54, 1.807) is 13.8 Å². The van der Waals surface area contributed by atoms with Crippen molar-refractivity contribution in [1.82, 2.24) is 0 Å². The minimum atomic E-state index is -0.269. The molecule has 0 aromatic carbocycles. The van der Waals surface area contributed by atoms with Crippen molar-refractivity contribution in [3.63, 3.8) is 0 Å². The highest BCUT2D eigenvalue weighted by Gasteiger charge is 2.43. The molecule has 1 atom stereocenters. The van der Waals surface area contributed by atoms with E-state index in [4.69, 9.17) is 11.6 Å². The second-order valence-electron chi connectivity index (χ2n) is 4.71. The summed E-state index contributed by atoms with van der Waals surface area (Å²) in [5, 5.41) is -0.269. The van der Waals surface area contributed by atoms with Gasteiger partial charge in [-0.25, -0.2) is 0 Å². The predicted molar refractivity (Wildman–Crippen MR) is 69.5 cm³/mol. The number of carbonyl (C=O) groups is 2. The Hall–Kier alpha value is -0.630. The molecule has 0 amide bonds. The monoisotopic (exact) mass is 246 g/mol. The lowest BCUT2D eigenvalue weighted by Crippen LogP contribution is -2.43. The molecule has 0 N–H and O–H groups in total. The Morgan fingerprint density at radius 2 is 1.75 bits per heavy atom. The van der Waals surface area contributed by atoms with E-state index in [0.29, 0.717) is 11.7 Å². The van der Waals surface area contributed by atoms with Crippen LogP contribution in [0.3, 0.4) is 0 Å². The quantitative estimate of drug-likeness (QED) is 0.521. The van der Waals surface area contributed by atoms with Crippen molar-refractivity contribution in [2.24, 2.45) is 17.3 Å². The van der Waals surface area contributed by atoms with Gasteiger partial charge in [-0.05, 0) is 17.5 Å². The van der Waals surface area contributed by atoms with Crippen molar-refractivity contribution < 1.29 is 9.59 Å². The molecule has 1 saturated carbocycles. The summed E-state index contributed by atoms with van der Waals surface area (Å²) in [4.78, 5) is 20.7. The average Bonchev–Trinajstić information content (AvgIpc) is 2.22. The molecule has 1 aliphatic carbocycles. The van der Waals surface area contributed by atoms with Crippen LogP contribution in [0, 0.1) is 17.3 Å². The summed E-state index contributed by atoms with van der Waals surface area (Å²) in [6.07, 6.45) is 0.799. The Kier molecular flexibility index (Phi) is 8.45. The van der Waals surface area contributed by atoms with Crippen LogP contribution in [-0.2, 0) is 9.59 Å². The number of hydrogen-bond acceptors (Lipinski definition) is 2. The van der Waals surface area contributed by atoms with Crippen LogP contribution in [0.2, 0.25) is 0 Å². The smallest absolute Gasteiger partial charge is 0.224 e. The molecule has 0 radical (unpaired) electrons.